The lowest BCUT2D eigenvalue weighted by Crippen LogP contribution is -2.17. The van der Waals surface area contributed by atoms with Gasteiger partial charge in [-0.3, -0.25) is 0 Å². The Morgan fingerprint density at radius 2 is 2.05 bits per heavy atom. The molecule has 3 rings (SSSR count). The number of rotatable bonds is 4. The number of fused-ring (bicyclic) bond motifs is 1. The molecule has 0 aromatic heterocycles. The second kappa shape index (κ2) is 5.49. The van der Waals surface area contributed by atoms with E-state index in [-0.39, 0.29) is 11.7 Å². The number of aliphatic hydroxyl groups is 1. The Morgan fingerprint density at radius 1 is 1.25 bits per heavy atom. The largest absolute Gasteiger partial charge is 0.393 e. The summed E-state index contributed by atoms with van der Waals surface area (Å²) in [5, 5.41) is 10.2. The van der Waals surface area contributed by atoms with Gasteiger partial charge in [-0.05, 0) is 61.1 Å². The van der Waals surface area contributed by atoms with Gasteiger partial charge in [0.15, 0.2) is 9.84 Å². The number of aliphatic hydroxyl groups excluding tert-OH is 1. The highest BCUT2D eigenvalue weighted by Gasteiger charge is 2.29. The number of hydrogen-bond acceptors (Lipinski definition) is 3. The number of hydrogen-bond donors (Lipinski definition) is 1. The van der Waals surface area contributed by atoms with E-state index in [1.807, 2.05) is 0 Å². The first kappa shape index (κ1) is 14.1. The van der Waals surface area contributed by atoms with Crippen molar-refractivity contribution >= 4 is 9.84 Å². The summed E-state index contributed by atoms with van der Waals surface area (Å²) >= 11 is 0. The first-order chi connectivity index (χ1) is 9.52. The van der Waals surface area contributed by atoms with Gasteiger partial charge in [-0.2, -0.15) is 0 Å². The fraction of sp³-hybridized carbons (Fsp3) is 0.625. The van der Waals surface area contributed by atoms with Crippen LogP contribution in [0.4, 0.5) is 0 Å². The molecule has 110 valence electrons. The van der Waals surface area contributed by atoms with Gasteiger partial charge in [0.1, 0.15) is 0 Å². The van der Waals surface area contributed by atoms with Crippen LogP contribution < -0.4 is 0 Å². The molecule has 0 spiro atoms. The minimum absolute atomic E-state index is 0.143. The van der Waals surface area contributed by atoms with Crippen molar-refractivity contribution in [2.75, 3.05) is 11.5 Å². The molecule has 1 N–H and O–H groups in total. The normalized spacial score (nSPS) is 25.6. The summed E-state index contributed by atoms with van der Waals surface area (Å²) in [5.41, 5.74) is 4.06. The van der Waals surface area contributed by atoms with Crippen molar-refractivity contribution in [1.82, 2.24) is 0 Å². The zero-order valence-corrected chi connectivity index (χ0v) is 12.5. The van der Waals surface area contributed by atoms with Crippen molar-refractivity contribution in [3.63, 3.8) is 0 Å². The van der Waals surface area contributed by atoms with Crippen LogP contribution in [0.3, 0.4) is 0 Å². The molecule has 1 fully saturated rings. The lowest BCUT2D eigenvalue weighted by molar-refractivity contribution is 0.147. The highest BCUT2D eigenvalue weighted by molar-refractivity contribution is 7.91. The van der Waals surface area contributed by atoms with E-state index in [0.29, 0.717) is 25.0 Å². The average molecular weight is 294 g/mol. The van der Waals surface area contributed by atoms with Crippen LogP contribution in [0.25, 0.3) is 0 Å². The Bertz CT molecular complexity index is 592. The molecule has 0 bridgehead atoms. The Morgan fingerprint density at radius 3 is 2.80 bits per heavy atom. The molecule has 2 unspecified atom stereocenters. The fourth-order valence-electron chi connectivity index (χ4n) is 3.55. The Kier molecular flexibility index (Phi) is 3.87. The SMILES string of the molecule is O=S1(=O)CCC(CC(O)Cc2ccc3c(c2)CCC3)C1. The van der Waals surface area contributed by atoms with Gasteiger partial charge >= 0.3 is 0 Å². The second-order valence-electron chi connectivity index (χ2n) is 6.32. The molecule has 1 aliphatic heterocycles. The lowest BCUT2D eigenvalue weighted by Gasteiger charge is -2.15. The van der Waals surface area contributed by atoms with Crippen molar-refractivity contribution in [2.24, 2.45) is 5.92 Å². The second-order valence-corrected chi connectivity index (χ2v) is 8.55. The van der Waals surface area contributed by atoms with Gasteiger partial charge in [-0.1, -0.05) is 18.2 Å². The smallest absolute Gasteiger partial charge is 0.150 e. The van der Waals surface area contributed by atoms with E-state index in [1.54, 1.807) is 0 Å². The quantitative estimate of drug-likeness (QED) is 0.923. The molecule has 1 aliphatic carbocycles. The van der Waals surface area contributed by atoms with E-state index in [0.717, 1.165) is 6.42 Å². The minimum Gasteiger partial charge on any atom is -0.393 e. The summed E-state index contributed by atoms with van der Waals surface area (Å²) < 4.78 is 22.9. The first-order valence-electron chi connectivity index (χ1n) is 7.51. The van der Waals surface area contributed by atoms with Crippen molar-refractivity contribution in [1.29, 1.82) is 0 Å². The molecule has 0 amide bonds. The monoisotopic (exact) mass is 294 g/mol. The van der Waals surface area contributed by atoms with Crippen LogP contribution in [0.5, 0.6) is 0 Å². The van der Waals surface area contributed by atoms with E-state index in [4.69, 9.17) is 0 Å². The third-order valence-electron chi connectivity index (χ3n) is 4.57. The van der Waals surface area contributed by atoms with Crippen molar-refractivity contribution in [3.05, 3.63) is 34.9 Å². The molecule has 0 saturated carbocycles. The van der Waals surface area contributed by atoms with Crippen LogP contribution in [0.1, 0.15) is 36.0 Å². The highest BCUT2D eigenvalue weighted by Crippen LogP contribution is 2.26. The number of aryl methyl sites for hydroxylation is 2. The molecule has 3 nitrogen and oxygen atoms in total. The van der Waals surface area contributed by atoms with Gasteiger partial charge in [-0.15, -0.1) is 0 Å². The number of sulfone groups is 1. The predicted octanol–water partition coefficient (Wildman–Crippen LogP) is 1.90. The Balaban J connectivity index is 1.58. The summed E-state index contributed by atoms with van der Waals surface area (Å²) in [4.78, 5) is 0. The van der Waals surface area contributed by atoms with Gasteiger partial charge in [0.05, 0.1) is 17.6 Å². The minimum atomic E-state index is -2.83. The summed E-state index contributed by atoms with van der Waals surface area (Å²) in [7, 11) is -2.83. The van der Waals surface area contributed by atoms with Crippen LogP contribution >= 0.6 is 0 Å². The maximum atomic E-state index is 11.4. The summed E-state index contributed by atoms with van der Waals surface area (Å²) in [6.45, 7) is 0. The molecule has 2 aliphatic rings. The number of benzene rings is 1. The van der Waals surface area contributed by atoms with Crippen molar-refractivity contribution < 1.29 is 13.5 Å². The van der Waals surface area contributed by atoms with E-state index in [2.05, 4.69) is 18.2 Å². The molecule has 20 heavy (non-hydrogen) atoms. The molecule has 1 heterocycles. The van der Waals surface area contributed by atoms with E-state index >= 15 is 0 Å². The van der Waals surface area contributed by atoms with E-state index in [1.165, 1.54) is 29.5 Å². The summed E-state index contributed by atoms with van der Waals surface area (Å²) in [6, 6.07) is 6.51. The summed E-state index contributed by atoms with van der Waals surface area (Å²) in [5.74, 6) is 0.696. The maximum Gasteiger partial charge on any atom is 0.150 e. The Labute approximate surface area is 120 Å². The molecule has 0 radical (unpaired) electrons. The van der Waals surface area contributed by atoms with Gasteiger partial charge in [0.25, 0.3) is 0 Å². The van der Waals surface area contributed by atoms with Crippen LogP contribution in [0, 0.1) is 5.92 Å². The zero-order chi connectivity index (χ0) is 14.2. The van der Waals surface area contributed by atoms with Crippen LogP contribution in [0.15, 0.2) is 18.2 Å². The molecular weight excluding hydrogens is 272 g/mol. The van der Waals surface area contributed by atoms with Crippen LogP contribution in [0.2, 0.25) is 0 Å². The molecule has 2 atom stereocenters. The average Bonchev–Trinajstić information content (AvgIpc) is 2.95. The van der Waals surface area contributed by atoms with Crippen LogP contribution in [-0.4, -0.2) is 31.1 Å². The summed E-state index contributed by atoms with van der Waals surface area (Å²) in [6.07, 6.45) is 5.11. The fourth-order valence-corrected chi connectivity index (χ4v) is 5.43. The Hall–Kier alpha value is -0.870. The zero-order valence-electron chi connectivity index (χ0n) is 11.7. The van der Waals surface area contributed by atoms with Gasteiger partial charge in [0, 0.05) is 0 Å². The lowest BCUT2D eigenvalue weighted by atomic mass is 9.95. The van der Waals surface area contributed by atoms with E-state index in [9.17, 15) is 13.5 Å². The van der Waals surface area contributed by atoms with Gasteiger partial charge < -0.3 is 5.11 Å². The topological polar surface area (TPSA) is 54.4 Å². The van der Waals surface area contributed by atoms with E-state index < -0.39 is 15.9 Å². The third kappa shape index (κ3) is 3.23. The maximum absolute atomic E-state index is 11.4. The predicted molar refractivity (Wildman–Crippen MR) is 79.6 cm³/mol. The van der Waals surface area contributed by atoms with Crippen molar-refractivity contribution in [3.8, 4) is 0 Å². The molecule has 1 aromatic rings. The molecule has 1 saturated heterocycles. The first-order valence-corrected chi connectivity index (χ1v) is 9.33. The van der Waals surface area contributed by atoms with Gasteiger partial charge in [-0.25, -0.2) is 8.42 Å². The third-order valence-corrected chi connectivity index (χ3v) is 6.40. The molecule has 4 heteroatoms. The molecule has 1 aromatic carbocycles. The molecular formula is C16H22O3S. The van der Waals surface area contributed by atoms with Crippen LogP contribution in [-0.2, 0) is 29.1 Å². The standard InChI is InChI=1S/C16H22O3S/c17-16(10-13-6-7-20(18,19)11-13)9-12-4-5-14-2-1-3-15(14)8-12/h4-5,8,13,16-17H,1-3,6-7,9-11H2. The van der Waals surface area contributed by atoms with Crippen molar-refractivity contribution in [2.45, 2.75) is 44.6 Å². The highest BCUT2D eigenvalue weighted by atomic mass is 32.2. The van der Waals surface area contributed by atoms with Gasteiger partial charge in [0.2, 0.25) is 0 Å².